The first kappa shape index (κ1) is 22.9. The van der Waals surface area contributed by atoms with E-state index in [1.165, 1.54) is 5.56 Å². The minimum atomic E-state index is 0.591. The van der Waals surface area contributed by atoms with Crippen LogP contribution in [-0.2, 0) is 13.1 Å². The first-order valence-corrected chi connectivity index (χ1v) is 12.6. The van der Waals surface area contributed by atoms with Crippen LogP contribution in [0.25, 0.3) is 56.2 Å². The van der Waals surface area contributed by atoms with Gasteiger partial charge in [-0.05, 0) is 47.5 Å². The summed E-state index contributed by atoms with van der Waals surface area (Å²) in [4.78, 5) is 26.5. The lowest BCUT2D eigenvalue weighted by Gasteiger charge is -2.07. The van der Waals surface area contributed by atoms with E-state index in [1.54, 1.807) is 12.4 Å². The van der Waals surface area contributed by atoms with Crippen LogP contribution in [0.1, 0.15) is 11.1 Å². The number of nitrogens with one attached hydrogen (secondary N) is 3. The SMILES string of the molecule is c1ccc(CNCc2cncc(-c3ccc4[nH]nc(-c5nc6nccc(-c7ccccn7)c6[nH]5)c4n3)c2)cc1. The Balaban J connectivity index is 1.20. The fourth-order valence-electron chi connectivity index (χ4n) is 4.65. The van der Waals surface area contributed by atoms with Crippen LogP contribution >= 0.6 is 0 Å². The van der Waals surface area contributed by atoms with E-state index in [0.717, 1.165) is 51.2 Å². The molecule has 6 heterocycles. The predicted octanol–water partition coefficient (Wildman–Crippen LogP) is 5.31. The Morgan fingerprint density at radius 2 is 1.64 bits per heavy atom. The van der Waals surface area contributed by atoms with Crippen LogP contribution in [0.4, 0.5) is 0 Å². The van der Waals surface area contributed by atoms with Gasteiger partial charge in [-0.15, -0.1) is 0 Å². The Bertz CT molecular complexity index is 1890. The maximum atomic E-state index is 4.95. The first-order chi connectivity index (χ1) is 19.3. The monoisotopic (exact) mass is 509 g/mol. The summed E-state index contributed by atoms with van der Waals surface area (Å²) < 4.78 is 0. The fourth-order valence-corrected chi connectivity index (χ4v) is 4.65. The second-order valence-corrected chi connectivity index (χ2v) is 9.19. The van der Waals surface area contributed by atoms with Crippen LogP contribution in [0.15, 0.2) is 97.6 Å². The van der Waals surface area contributed by atoms with Crippen LogP contribution in [0.3, 0.4) is 0 Å². The molecule has 9 nitrogen and oxygen atoms in total. The Labute approximate surface area is 223 Å². The van der Waals surface area contributed by atoms with Crippen molar-refractivity contribution < 1.29 is 0 Å². The van der Waals surface area contributed by atoms with Crippen molar-refractivity contribution in [3.05, 3.63) is 109 Å². The van der Waals surface area contributed by atoms with Crippen molar-refractivity contribution in [1.82, 2.24) is 45.4 Å². The maximum absolute atomic E-state index is 4.95. The molecule has 188 valence electrons. The third-order valence-electron chi connectivity index (χ3n) is 6.56. The van der Waals surface area contributed by atoms with E-state index in [1.807, 2.05) is 67.0 Å². The summed E-state index contributed by atoms with van der Waals surface area (Å²) in [5, 5.41) is 11.1. The summed E-state index contributed by atoms with van der Waals surface area (Å²) >= 11 is 0. The lowest BCUT2D eigenvalue weighted by molar-refractivity contribution is 0.691. The number of aromatic amines is 2. The number of nitrogens with zero attached hydrogens (tertiary/aromatic N) is 6. The van der Waals surface area contributed by atoms with Crippen molar-refractivity contribution in [3.63, 3.8) is 0 Å². The standard InChI is InChI=1S/C30H23N9/c1-2-6-19(7-3-1)15-31-16-20-14-21(18-32-17-20)23-9-10-25-27(35-23)28(39-38-25)30-36-26-22(11-13-34-29(26)37-30)24-8-4-5-12-33-24/h1-14,17-18,31H,15-16H2,(H,38,39)(H,34,36,37). The van der Waals surface area contributed by atoms with Gasteiger partial charge in [-0.2, -0.15) is 5.10 Å². The topological polar surface area (TPSA) is 121 Å². The molecular formula is C30H23N9. The largest absolute Gasteiger partial charge is 0.335 e. The van der Waals surface area contributed by atoms with Crippen LogP contribution in [-0.4, -0.2) is 40.1 Å². The third-order valence-corrected chi connectivity index (χ3v) is 6.56. The highest BCUT2D eigenvalue weighted by molar-refractivity contribution is 5.94. The number of pyridine rings is 4. The molecule has 0 saturated heterocycles. The average Bonchev–Trinajstić information content (AvgIpc) is 3.62. The summed E-state index contributed by atoms with van der Waals surface area (Å²) in [6.45, 7) is 1.50. The summed E-state index contributed by atoms with van der Waals surface area (Å²) in [7, 11) is 0. The summed E-state index contributed by atoms with van der Waals surface area (Å²) in [5.74, 6) is 0.591. The number of rotatable bonds is 7. The smallest absolute Gasteiger partial charge is 0.178 e. The number of aromatic nitrogens is 8. The number of H-pyrrole nitrogens is 2. The number of imidazole rings is 1. The normalized spacial score (nSPS) is 11.4. The van der Waals surface area contributed by atoms with Crippen molar-refractivity contribution in [3.8, 4) is 34.0 Å². The molecule has 0 unspecified atom stereocenters. The van der Waals surface area contributed by atoms with Gasteiger partial charge in [0.1, 0.15) is 5.52 Å². The highest BCUT2D eigenvalue weighted by atomic mass is 15.2. The zero-order chi connectivity index (χ0) is 26.0. The summed E-state index contributed by atoms with van der Waals surface area (Å²) in [5.41, 5.74) is 9.42. The van der Waals surface area contributed by atoms with Crippen molar-refractivity contribution in [2.24, 2.45) is 0 Å². The minimum absolute atomic E-state index is 0.591. The van der Waals surface area contributed by atoms with Gasteiger partial charge in [-0.1, -0.05) is 36.4 Å². The predicted molar refractivity (Wildman–Crippen MR) is 150 cm³/mol. The molecule has 0 fully saturated rings. The summed E-state index contributed by atoms with van der Waals surface area (Å²) in [6.07, 6.45) is 7.22. The van der Waals surface area contributed by atoms with Gasteiger partial charge in [0.05, 0.1) is 22.4 Å². The van der Waals surface area contributed by atoms with Crippen LogP contribution in [0, 0.1) is 0 Å². The van der Waals surface area contributed by atoms with Gasteiger partial charge in [0.25, 0.3) is 0 Å². The Morgan fingerprint density at radius 1 is 0.744 bits per heavy atom. The van der Waals surface area contributed by atoms with Gasteiger partial charge >= 0.3 is 0 Å². The molecule has 9 heteroatoms. The molecule has 0 amide bonds. The molecule has 1 aromatic carbocycles. The van der Waals surface area contributed by atoms with E-state index in [4.69, 9.17) is 9.97 Å². The van der Waals surface area contributed by atoms with E-state index in [2.05, 4.69) is 53.6 Å². The molecule has 3 N–H and O–H groups in total. The summed E-state index contributed by atoms with van der Waals surface area (Å²) in [6, 6.07) is 24.2. The number of hydrogen-bond donors (Lipinski definition) is 3. The van der Waals surface area contributed by atoms with Crippen molar-refractivity contribution >= 4 is 22.2 Å². The molecule has 0 atom stereocenters. The lowest BCUT2D eigenvalue weighted by atomic mass is 10.1. The molecule has 0 aliphatic rings. The Morgan fingerprint density at radius 3 is 2.54 bits per heavy atom. The molecule has 7 rings (SSSR count). The van der Waals surface area contributed by atoms with Gasteiger partial charge < -0.3 is 10.3 Å². The number of hydrogen-bond acceptors (Lipinski definition) is 7. The molecule has 0 spiro atoms. The van der Waals surface area contributed by atoms with Gasteiger partial charge in [-0.25, -0.2) is 15.0 Å². The zero-order valence-electron chi connectivity index (χ0n) is 20.8. The van der Waals surface area contributed by atoms with Crippen LogP contribution in [0.5, 0.6) is 0 Å². The van der Waals surface area contributed by atoms with E-state index in [-0.39, 0.29) is 0 Å². The average molecular weight is 510 g/mol. The highest BCUT2D eigenvalue weighted by Gasteiger charge is 2.17. The second kappa shape index (κ2) is 9.88. The third kappa shape index (κ3) is 4.51. The van der Waals surface area contributed by atoms with Gasteiger partial charge in [0.15, 0.2) is 17.2 Å². The van der Waals surface area contributed by atoms with Crippen molar-refractivity contribution in [2.45, 2.75) is 13.1 Å². The van der Waals surface area contributed by atoms with E-state index >= 15 is 0 Å². The molecule has 0 radical (unpaired) electrons. The van der Waals surface area contributed by atoms with E-state index in [9.17, 15) is 0 Å². The zero-order valence-corrected chi connectivity index (χ0v) is 20.8. The van der Waals surface area contributed by atoms with E-state index in [0.29, 0.717) is 23.7 Å². The molecule has 7 aromatic rings. The molecular weight excluding hydrogens is 486 g/mol. The van der Waals surface area contributed by atoms with Gasteiger partial charge in [0, 0.05) is 49.0 Å². The maximum Gasteiger partial charge on any atom is 0.178 e. The molecule has 0 aliphatic heterocycles. The molecule has 6 aromatic heterocycles. The van der Waals surface area contributed by atoms with E-state index < -0.39 is 0 Å². The van der Waals surface area contributed by atoms with Crippen LogP contribution < -0.4 is 5.32 Å². The van der Waals surface area contributed by atoms with Crippen LogP contribution in [0.2, 0.25) is 0 Å². The highest BCUT2D eigenvalue weighted by Crippen LogP contribution is 2.30. The molecule has 0 bridgehead atoms. The Hall–Kier alpha value is -5.28. The number of fused-ring (bicyclic) bond motifs is 2. The van der Waals surface area contributed by atoms with Crippen molar-refractivity contribution in [2.75, 3.05) is 0 Å². The molecule has 0 aliphatic carbocycles. The lowest BCUT2D eigenvalue weighted by Crippen LogP contribution is -2.12. The minimum Gasteiger partial charge on any atom is -0.335 e. The van der Waals surface area contributed by atoms with Gasteiger partial charge in [0.2, 0.25) is 0 Å². The van der Waals surface area contributed by atoms with Gasteiger partial charge in [-0.3, -0.25) is 15.1 Å². The molecule has 0 saturated carbocycles. The van der Waals surface area contributed by atoms with Crippen molar-refractivity contribution in [1.29, 1.82) is 0 Å². The Kier molecular flexibility index (Phi) is 5.80. The first-order valence-electron chi connectivity index (χ1n) is 12.6. The molecule has 39 heavy (non-hydrogen) atoms. The second-order valence-electron chi connectivity index (χ2n) is 9.19. The quantitative estimate of drug-likeness (QED) is 0.266. The number of benzene rings is 1. The fraction of sp³-hybridized carbons (Fsp3) is 0.0667.